The van der Waals surface area contributed by atoms with Crippen LogP contribution in [0, 0.1) is 11.8 Å². The molecule has 84 valence electrons. The highest BCUT2D eigenvalue weighted by molar-refractivity contribution is 5.87. The highest BCUT2D eigenvalue weighted by Crippen LogP contribution is 2.40. The molecule has 0 aromatic rings. The fourth-order valence-corrected chi connectivity index (χ4v) is 2.17. The molecule has 0 aromatic heterocycles. The summed E-state index contributed by atoms with van der Waals surface area (Å²) in [6, 6.07) is -0.833. The van der Waals surface area contributed by atoms with Gasteiger partial charge in [-0.05, 0) is 12.3 Å². The van der Waals surface area contributed by atoms with Gasteiger partial charge in [0.25, 0.3) is 0 Å². The second-order valence-corrected chi connectivity index (χ2v) is 4.55. The molecule has 5 nitrogen and oxygen atoms in total. The number of aliphatic carboxylic acids is 1. The number of aliphatic hydroxyl groups excluding tert-OH is 1. The van der Waals surface area contributed by atoms with E-state index in [1.807, 2.05) is 6.92 Å². The summed E-state index contributed by atoms with van der Waals surface area (Å²) >= 11 is 0. The largest absolute Gasteiger partial charge is 0.480 e. The van der Waals surface area contributed by atoms with E-state index >= 15 is 0 Å². The predicted octanol–water partition coefficient (Wildman–Crippen LogP) is -0.311. The monoisotopic (exact) mass is 213 g/mol. The smallest absolute Gasteiger partial charge is 0.326 e. The van der Waals surface area contributed by atoms with E-state index in [0.29, 0.717) is 5.92 Å². The number of nitrogens with zero attached hydrogens (tertiary/aromatic N) is 1. The summed E-state index contributed by atoms with van der Waals surface area (Å²) in [5.41, 5.74) is 0. The van der Waals surface area contributed by atoms with Gasteiger partial charge in [0.05, 0.1) is 6.10 Å². The van der Waals surface area contributed by atoms with Crippen molar-refractivity contribution in [2.45, 2.75) is 31.9 Å². The van der Waals surface area contributed by atoms with Gasteiger partial charge in [-0.3, -0.25) is 4.79 Å². The van der Waals surface area contributed by atoms with Gasteiger partial charge < -0.3 is 15.1 Å². The maximum absolute atomic E-state index is 11.8. The summed E-state index contributed by atoms with van der Waals surface area (Å²) in [4.78, 5) is 24.0. The van der Waals surface area contributed by atoms with Crippen molar-refractivity contribution in [3.05, 3.63) is 0 Å². The van der Waals surface area contributed by atoms with Gasteiger partial charge in [0.2, 0.25) is 5.91 Å². The lowest BCUT2D eigenvalue weighted by Crippen LogP contribution is -2.41. The minimum Gasteiger partial charge on any atom is -0.480 e. The molecule has 4 atom stereocenters. The molecule has 2 unspecified atom stereocenters. The zero-order valence-electron chi connectivity index (χ0n) is 8.59. The second-order valence-electron chi connectivity index (χ2n) is 4.55. The zero-order chi connectivity index (χ0) is 11.2. The number of hydrogen-bond acceptors (Lipinski definition) is 3. The highest BCUT2D eigenvalue weighted by Gasteiger charge is 2.47. The third kappa shape index (κ3) is 1.84. The average Bonchev–Trinajstić information content (AvgIpc) is 2.73. The van der Waals surface area contributed by atoms with Crippen LogP contribution in [0.5, 0.6) is 0 Å². The highest BCUT2D eigenvalue weighted by atomic mass is 16.4. The molecular formula is C10H15NO4. The number of carboxylic acid groups (broad SMARTS) is 1. The lowest BCUT2D eigenvalue weighted by atomic mass is 10.2. The van der Waals surface area contributed by atoms with Crippen LogP contribution in [0.2, 0.25) is 0 Å². The molecule has 2 rings (SSSR count). The second kappa shape index (κ2) is 3.48. The maximum Gasteiger partial charge on any atom is 0.326 e. The zero-order valence-corrected chi connectivity index (χ0v) is 8.59. The van der Waals surface area contributed by atoms with E-state index in [1.165, 1.54) is 4.90 Å². The topological polar surface area (TPSA) is 77.8 Å². The van der Waals surface area contributed by atoms with Crippen molar-refractivity contribution in [3.63, 3.8) is 0 Å². The first-order valence-corrected chi connectivity index (χ1v) is 5.22. The molecule has 15 heavy (non-hydrogen) atoms. The maximum atomic E-state index is 11.8. The lowest BCUT2D eigenvalue weighted by molar-refractivity contribution is -0.148. The van der Waals surface area contributed by atoms with Gasteiger partial charge in [-0.25, -0.2) is 4.79 Å². The van der Waals surface area contributed by atoms with Gasteiger partial charge in [0.1, 0.15) is 6.04 Å². The van der Waals surface area contributed by atoms with Gasteiger partial charge in [-0.2, -0.15) is 0 Å². The number of hydrogen-bond donors (Lipinski definition) is 2. The number of carboxylic acids is 1. The molecule has 0 bridgehead atoms. The van der Waals surface area contributed by atoms with Crippen molar-refractivity contribution in [1.82, 2.24) is 4.90 Å². The third-order valence-corrected chi connectivity index (χ3v) is 3.27. The predicted molar refractivity (Wildman–Crippen MR) is 51.0 cm³/mol. The van der Waals surface area contributed by atoms with E-state index in [9.17, 15) is 14.7 Å². The summed E-state index contributed by atoms with van der Waals surface area (Å²) in [6.07, 6.45) is 0.309. The quantitative estimate of drug-likeness (QED) is 0.659. The molecule has 2 fully saturated rings. The normalized spacial score (nSPS) is 39.2. The summed E-state index contributed by atoms with van der Waals surface area (Å²) in [6.45, 7) is 2.14. The molecule has 0 radical (unpaired) electrons. The van der Waals surface area contributed by atoms with Gasteiger partial charge in [-0.1, -0.05) is 6.92 Å². The van der Waals surface area contributed by atoms with Crippen LogP contribution in [0.1, 0.15) is 19.8 Å². The van der Waals surface area contributed by atoms with Crippen molar-refractivity contribution < 1.29 is 19.8 Å². The van der Waals surface area contributed by atoms with E-state index < -0.39 is 18.1 Å². The van der Waals surface area contributed by atoms with Crippen molar-refractivity contribution in [2.75, 3.05) is 6.54 Å². The minimum absolute atomic E-state index is 0.0165. The van der Waals surface area contributed by atoms with E-state index in [4.69, 9.17) is 5.11 Å². The number of β-amino-alcohol motifs (C(OH)–C–C–N with tert-alkyl or cyclic N) is 1. The first-order valence-electron chi connectivity index (χ1n) is 5.22. The lowest BCUT2D eigenvalue weighted by Gasteiger charge is -2.21. The van der Waals surface area contributed by atoms with Crippen molar-refractivity contribution >= 4 is 11.9 Å². The number of carbonyl (C=O) groups excluding carboxylic acids is 1. The summed E-state index contributed by atoms with van der Waals surface area (Å²) < 4.78 is 0. The standard InChI is InChI=1S/C10H15NO4/c1-5-2-7(5)9(13)11-4-6(12)3-8(11)10(14)15/h5-8,12H,2-4H2,1H3,(H,14,15)/t5?,6-,7?,8-/m1/s1. The van der Waals surface area contributed by atoms with E-state index in [0.717, 1.165) is 6.42 Å². The Bertz CT molecular complexity index is 304. The SMILES string of the molecule is CC1CC1C(=O)N1C[C@H](O)C[C@@H]1C(=O)O. The Balaban J connectivity index is 2.06. The van der Waals surface area contributed by atoms with Crippen LogP contribution in [0.25, 0.3) is 0 Å². The molecule has 1 aliphatic heterocycles. The third-order valence-electron chi connectivity index (χ3n) is 3.27. The summed E-state index contributed by atoms with van der Waals surface area (Å²) in [5.74, 6) is -0.776. The van der Waals surface area contributed by atoms with Crippen molar-refractivity contribution in [3.8, 4) is 0 Å². The van der Waals surface area contributed by atoms with Crippen LogP contribution >= 0.6 is 0 Å². The van der Waals surface area contributed by atoms with Crippen LogP contribution in [0.15, 0.2) is 0 Å². The van der Waals surface area contributed by atoms with Crippen LogP contribution in [0.4, 0.5) is 0 Å². The first kappa shape index (κ1) is 10.4. The molecular weight excluding hydrogens is 198 g/mol. The molecule has 1 saturated heterocycles. The molecule has 1 heterocycles. The average molecular weight is 213 g/mol. The van der Waals surface area contributed by atoms with Crippen LogP contribution in [-0.4, -0.2) is 45.7 Å². The molecule has 2 aliphatic rings. The minimum atomic E-state index is -1.02. The van der Waals surface area contributed by atoms with Gasteiger partial charge in [-0.15, -0.1) is 0 Å². The molecule has 5 heteroatoms. The fraction of sp³-hybridized carbons (Fsp3) is 0.800. The summed E-state index contributed by atoms with van der Waals surface area (Å²) in [7, 11) is 0. The van der Waals surface area contributed by atoms with Crippen molar-refractivity contribution in [1.29, 1.82) is 0 Å². The Morgan fingerprint density at radius 3 is 2.40 bits per heavy atom. The molecule has 1 saturated carbocycles. The number of aliphatic hydroxyl groups is 1. The Kier molecular flexibility index (Phi) is 2.42. The van der Waals surface area contributed by atoms with Crippen LogP contribution in [0.3, 0.4) is 0 Å². The Hall–Kier alpha value is -1.10. The molecule has 1 aliphatic carbocycles. The van der Waals surface area contributed by atoms with E-state index in [2.05, 4.69) is 0 Å². The Morgan fingerprint density at radius 2 is 1.93 bits per heavy atom. The van der Waals surface area contributed by atoms with Crippen LogP contribution in [-0.2, 0) is 9.59 Å². The Labute approximate surface area is 87.7 Å². The molecule has 1 amide bonds. The number of rotatable bonds is 2. The number of carbonyl (C=O) groups is 2. The first-order chi connectivity index (χ1) is 7.00. The molecule has 0 aromatic carbocycles. The van der Waals surface area contributed by atoms with E-state index in [-0.39, 0.29) is 24.8 Å². The van der Waals surface area contributed by atoms with Crippen LogP contribution < -0.4 is 0 Å². The number of likely N-dealkylation sites (tertiary alicyclic amines) is 1. The fourth-order valence-electron chi connectivity index (χ4n) is 2.17. The Morgan fingerprint density at radius 1 is 1.33 bits per heavy atom. The van der Waals surface area contributed by atoms with Crippen molar-refractivity contribution in [2.24, 2.45) is 11.8 Å². The van der Waals surface area contributed by atoms with Gasteiger partial charge >= 0.3 is 5.97 Å². The molecule has 2 N–H and O–H groups in total. The summed E-state index contributed by atoms with van der Waals surface area (Å²) in [5, 5.41) is 18.3. The molecule has 0 spiro atoms. The van der Waals surface area contributed by atoms with Gasteiger partial charge in [0, 0.05) is 18.9 Å². The number of amides is 1. The van der Waals surface area contributed by atoms with E-state index in [1.54, 1.807) is 0 Å². The van der Waals surface area contributed by atoms with Gasteiger partial charge in [0.15, 0.2) is 0 Å².